The Morgan fingerprint density at radius 3 is 2.80 bits per heavy atom. The zero-order chi connectivity index (χ0) is 14.8. The van der Waals surface area contributed by atoms with Crippen LogP contribution in [0.25, 0.3) is 0 Å². The monoisotopic (exact) mass is 300 g/mol. The maximum atomic E-state index is 13.6. The van der Waals surface area contributed by atoms with Gasteiger partial charge in [-0.1, -0.05) is 11.2 Å². The predicted molar refractivity (Wildman–Crippen MR) is 67.4 cm³/mol. The molecule has 3 N–H and O–H groups in total. The van der Waals surface area contributed by atoms with Gasteiger partial charge in [0.2, 0.25) is 15.9 Å². The molecule has 0 radical (unpaired) electrons. The Hall–Kier alpha value is -1.84. The predicted octanol–water partition coefficient (Wildman–Crippen LogP) is 0.454. The minimum absolute atomic E-state index is 0.0986. The lowest BCUT2D eigenvalue weighted by Crippen LogP contribution is -2.24. The Balaban J connectivity index is 2.21. The summed E-state index contributed by atoms with van der Waals surface area (Å²) in [5.41, 5.74) is 5.92. The standard InChI is InChI=1S/C11H13FN4O3S/c1-7-15-11(19-16-7)6-14-20(17,18)10-4-8(5-13)2-3-9(10)12/h2-4,14H,5-6,13H2,1H3. The minimum atomic E-state index is -4.02. The van der Waals surface area contributed by atoms with Gasteiger partial charge >= 0.3 is 0 Å². The minimum Gasteiger partial charge on any atom is -0.338 e. The average molecular weight is 300 g/mol. The quantitative estimate of drug-likeness (QED) is 0.829. The zero-order valence-corrected chi connectivity index (χ0v) is 11.4. The van der Waals surface area contributed by atoms with Crippen LogP contribution in [0.15, 0.2) is 27.6 Å². The molecule has 0 saturated carbocycles. The van der Waals surface area contributed by atoms with Crippen molar-refractivity contribution in [2.45, 2.75) is 24.9 Å². The second kappa shape index (κ2) is 5.65. The number of nitrogens with zero attached hydrogens (tertiary/aromatic N) is 2. The molecule has 7 nitrogen and oxygen atoms in total. The Bertz CT molecular complexity index is 714. The van der Waals surface area contributed by atoms with Crippen LogP contribution in [-0.4, -0.2) is 18.6 Å². The second-order valence-electron chi connectivity index (χ2n) is 4.03. The number of rotatable bonds is 5. The molecule has 0 bridgehead atoms. The Labute approximate surface area is 115 Å². The van der Waals surface area contributed by atoms with Crippen molar-refractivity contribution in [3.8, 4) is 0 Å². The highest BCUT2D eigenvalue weighted by atomic mass is 32.2. The molecule has 0 amide bonds. The van der Waals surface area contributed by atoms with Crippen LogP contribution in [0.5, 0.6) is 0 Å². The van der Waals surface area contributed by atoms with E-state index in [4.69, 9.17) is 10.3 Å². The molecular weight excluding hydrogens is 287 g/mol. The van der Waals surface area contributed by atoms with Crippen LogP contribution >= 0.6 is 0 Å². The highest BCUT2D eigenvalue weighted by molar-refractivity contribution is 7.89. The van der Waals surface area contributed by atoms with Gasteiger partial charge in [0, 0.05) is 6.54 Å². The summed E-state index contributed by atoms with van der Waals surface area (Å²) in [5.74, 6) is -0.367. The van der Waals surface area contributed by atoms with Crippen molar-refractivity contribution in [2.24, 2.45) is 5.73 Å². The fraction of sp³-hybridized carbons (Fsp3) is 0.273. The van der Waals surface area contributed by atoms with Crippen molar-refractivity contribution in [1.29, 1.82) is 0 Å². The van der Waals surface area contributed by atoms with Gasteiger partial charge in [-0.15, -0.1) is 0 Å². The van der Waals surface area contributed by atoms with E-state index in [0.29, 0.717) is 11.4 Å². The lowest BCUT2D eigenvalue weighted by Gasteiger charge is -2.07. The third-order valence-corrected chi connectivity index (χ3v) is 3.92. The molecule has 0 fully saturated rings. The van der Waals surface area contributed by atoms with Crippen LogP contribution in [0.2, 0.25) is 0 Å². The number of nitrogens with two attached hydrogens (primary N) is 1. The number of sulfonamides is 1. The molecule has 0 unspecified atom stereocenters. The van der Waals surface area contributed by atoms with E-state index in [2.05, 4.69) is 14.9 Å². The van der Waals surface area contributed by atoms with Crippen LogP contribution in [0.3, 0.4) is 0 Å². The smallest absolute Gasteiger partial charge is 0.243 e. The van der Waals surface area contributed by atoms with E-state index in [-0.39, 0.29) is 19.0 Å². The summed E-state index contributed by atoms with van der Waals surface area (Å²) in [6, 6.07) is 3.68. The van der Waals surface area contributed by atoms with Gasteiger partial charge in [0.15, 0.2) is 5.82 Å². The maximum Gasteiger partial charge on any atom is 0.243 e. The van der Waals surface area contributed by atoms with E-state index in [1.165, 1.54) is 12.1 Å². The molecule has 20 heavy (non-hydrogen) atoms. The van der Waals surface area contributed by atoms with Crippen molar-refractivity contribution < 1.29 is 17.3 Å². The number of aryl methyl sites for hydroxylation is 1. The lowest BCUT2D eigenvalue weighted by atomic mass is 10.2. The van der Waals surface area contributed by atoms with E-state index in [0.717, 1.165) is 6.07 Å². The van der Waals surface area contributed by atoms with Crippen LogP contribution in [0.1, 0.15) is 17.3 Å². The molecule has 0 aliphatic rings. The number of hydrogen-bond donors (Lipinski definition) is 2. The molecule has 9 heteroatoms. The average Bonchev–Trinajstić information content (AvgIpc) is 2.83. The first kappa shape index (κ1) is 14.6. The van der Waals surface area contributed by atoms with Crippen molar-refractivity contribution in [3.63, 3.8) is 0 Å². The molecule has 2 rings (SSSR count). The van der Waals surface area contributed by atoms with Gasteiger partial charge in [0.1, 0.15) is 10.7 Å². The molecule has 0 saturated heterocycles. The summed E-state index contributed by atoms with van der Waals surface area (Å²) in [5, 5.41) is 3.52. The summed E-state index contributed by atoms with van der Waals surface area (Å²) >= 11 is 0. The van der Waals surface area contributed by atoms with E-state index < -0.39 is 20.7 Å². The van der Waals surface area contributed by atoms with Gasteiger partial charge in [-0.3, -0.25) is 0 Å². The Morgan fingerprint density at radius 2 is 2.20 bits per heavy atom. The Morgan fingerprint density at radius 1 is 1.45 bits per heavy atom. The molecule has 1 aromatic heterocycles. The summed E-state index contributed by atoms with van der Waals surface area (Å²) in [7, 11) is -4.02. The van der Waals surface area contributed by atoms with Crippen LogP contribution in [0.4, 0.5) is 4.39 Å². The van der Waals surface area contributed by atoms with Crippen LogP contribution in [-0.2, 0) is 23.1 Å². The molecule has 1 aromatic carbocycles. The first-order valence-corrected chi connectivity index (χ1v) is 7.18. The number of aromatic nitrogens is 2. The van der Waals surface area contributed by atoms with Gasteiger partial charge in [-0.2, -0.15) is 4.98 Å². The van der Waals surface area contributed by atoms with Crippen molar-refractivity contribution in [2.75, 3.05) is 0 Å². The number of halogens is 1. The number of hydrogen-bond acceptors (Lipinski definition) is 6. The molecule has 1 heterocycles. The Kier molecular flexibility index (Phi) is 4.12. The summed E-state index contributed by atoms with van der Waals surface area (Å²) in [6.45, 7) is 1.51. The van der Waals surface area contributed by atoms with Crippen LogP contribution in [0, 0.1) is 12.7 Å². The third-order valence-electron chi connectivity index (χ3n) is 2.50. The molecular formula is C11H13FN4O3S. The highest BCUT2D eigenvalue weighted by Gasteiger charge is 2.20. The van der Waals surface area contributed by atoms with Crippen molar-refractivity contribution in [3.05, 3.63) is 41.3 Å². The van der Waals surface area contributed by atoms with E-state index >= 15 is 0 Å². The molecule has 0 aliphatic heterocycles. The lowest BCUT2D eigenvalue weighted by molar-refractivity contribution is 0.372. The molecule has 2 aromatic rings. The fourth-order valence-electron chi connectivity index (χ4n) is 1.53. The molecule has 0 spiro atoms. The van der Waals surface area contributed by atoms with E-state index in [9.17, 15) is 12.8 Å². The van der Waals surface area contributed by atoms with Crippen molar-refractivity contribution in [1.82, 2.24) is 14.9 Å². The number of benzene rings is 1. The highest BCUT2D eigenvalue weighted by Crippen LogP contribution is 2.16. The molecule has 0 atom stereocenters. The second-order valence-corrected chi connectivity index (χ2v) is 5.76. The van der Waals surface area contributed by atoms with Gasteiger partial charge in [0.25, 0.3) is 0 Å². The summed E-state index contributed by atoms with van der Waals surface area (Å²) in [4.78, 5) is 3.38. The maximum absolute atomic E-state index is 13.6. The fourth-order valence-corrected chi connectivity index (χ4v) is 2.63. The SMILES string of the molecule is Cc1noc(CNS(=O)(=O)c2cc(CN)ccc2F)n1. The van der Waals surface area contributed by atoms with Gasteiger partial charge in [-0.05, 0) is 24.6 Å². The van der Waals surface area contributed by atoms with E-state index in [1.54, 1.807) is 6.92 Å². The van der Waals surface area contributed by atoms with Gasteiger partial charge in [0.05, 0.1) is 6.54 Å². The van der Waals surface area contributed by atoms with E-state index in [1.807, 2.05) is 0 Å². The summed E-state index contributed by atoms with van der Waals surface area (Å²) in [6.07, 6.45) is 0. The van der Waals surface area contributed by atoms with Gasteiger partial charge in [-0.25, -0.2) is 17.5 Å². The third kappa shape index (κ3) is 3.18. The topological polar surface area (TPSA) is 111 Å². The zero-order valence-electron chi connectivity index (χ0n) is 10.6. The number of nitrogens with one attached hydrogen (secondary N) is 1. The van der Waals surface area contributed by atoms with Crippen molar-refractivity contribution >= 4 is 10.0 Å². The molecule has 0 aliphatic carbocycles. The first-order chi connectivity index (χ1) is 9.42. The van der Waals surface area contributed by atoms with Gasteiger partial charge < -0.3 is 10.3 Å². The van der Waals surface area contributed by atoms with Crippen LogP contribution < -0.4 is 10.5 Å². The molecule has 108 valence electrons. The largest absolute Gasteiger partial charge is 0.338 e. The summed E-state index contributed by atoms with van der Waals surface area (Å²) < 4.78 is 44.6. The normalized spacial score (nSPS) is 11.8. The first-order valence-electron chi connectivity index (χ1n) is 5.70.